The van der Waals surface area contributed by atoms with Gasteiger partial charge in [0.25, 0.3) is 0 Å². The third-order valence-corrected chi connectivity index (χ3v) is 9.18. The topological polar surface area (TPSA) is 79.0 Å². The van der Waals surface area contributed by atoms with E-state index in [1.807, 2.05) is 65.6 Å². The molecule has 0 saturated carbocycles. The number of likely N-dealkylation sites (tertiary alicyclic amines) is 1. The monoisotopic (exact) mass is 639 g/mol. The van der Waals surface area contributed by atoms with Gasteiger partial charge in [-0.15, -0.1) is 12.4 Å². The minimum atomic E-state index is -3.38. The van der Waals surface area contributed by atoms with Crippen molar-refractivity contribution >= 4 is 57.2 Å². The average molecular weight is 641 g/mol. The molecule has 1 aliphatic rings. The number of amides is 1. The molecule has 11 heteroatoms. The highest BCUT2D eigenvalue weighted by Gasteiger charge is 2.30. The van der Waals surface area contributed by atoms with E-state index >= 15 is 0 Å². The lowest BCUT2D eigenvalue weighted by Crippen LogP contribution is -2.50. The maximum atomic E-state index is 13.7. The molecular formula is C30H36Cl3N3O4S. The van der Waals surface area contributed by atoms with E-state index in [1.54, 1.807) is 19.2 Å². The maximum Gasteiger partial charge on any atom is 0.242 e. The van der Waals surface area contributed by atoms with E-state index in [-0.39, 0.29) is 30.8 Å². The maximum absolute atomic E-state index is 13.7. The Morgan fingerprint density at radius 2 is 1.66 bits per heavy atom. The summed E-state index contributed by atoms with van der Waals surface area (Å²) in [5, 5.41) is 4.33. The molecule has 3 aromatic carbocycles. The van der Waals surface area contributed by atoms with E-state index in [0.717, 1.165) is 29.5 Å². The Balaban J connectivity index is 0.00000462. The van der Waals surface area contributed by atoms with Gasteiger partial charge in [-0.2, -0.15) is 0 Å². The number of para-hydroxylation sites is 1. The molecule has 1 unspecified atom stereocenters. The smallest absolute Gasteiger partial charge is 0.242 e. The second-order valence-electron chi connectivity index (χ2n) is 10.1. The van der Waals surface area contributed by atoms with Crippen molar-refractivity contribution in [2.45, 2.75) is 38.0 Å². The highest BCUT2D eigenvalue weighted by Crippen LogP contribution is 2.35. The SMILES string of the molecule is CN(c1ccccc1C1CCN(C(=O)C(COCc2ccc(Cl)c(Cl)c2)NCc2ccccc2)CC1)S(C)(=O)=O.Cl. The number of piperidine rings is 1. The average Bonchev–Trinajstić information content (AvgIpc) is 2.96. The lowest BCUT2D eigenvalue weighted by atomic mass is 9.88. The fourth-order valence-corrected chi connectivity index (χ4v) is 5.75. The number of rotatable bonds is 11. The predicted molar refractivity (Wildman–Crippen MR) is 169 cm³/mol. The first-order valence-corrected chi connectivity index (χ1v) is 15.8. The van der Waals surface area contributed by atoms with Gasteiger partial charge in [-0.05, 0) is 53.6 Å². The number of ether oxygens (including phenoxy) is 1. The summed E-state index contributed by atoms with van der Waals surface area (Å²) < 4.78 is 31.7. The third-order valence-electron chi connectivity index (χ3n) is 7.25. The second-order valence-corrected chi connectivity index (χ2v) is 12.9. The van der Waals surface area contributed by atoms with Crippen LogP contribution in [0.1, 0.15) is 35.4 Å². The number of halogens is 3. The van der Waals surface area contributed by atoms with Crippen molar-refractivity contribution in [2.24, 2.45) is 0 Å². The summed E-state index contributed by atoms with van der Waals surface area (Å²) in [6.07, 6.45) is 2.70. The Morgan fingerprint density at radius 3 is 2.32 bits per heavy atom. The molecule has 1 atom stereocenters. The molecule has 7 nitrogen and oxygen atoms in total. The van der Waals surface area contributed by atoms with Gasteiger partial charge in [0, 0.05) is 26.7 Å². The first-order chi connectivity index (χ1) is 19.1. The number of carbonyl (C=O) groups is 1. The van der Waals surface area contributed by atoms with Crippen LogP contribution in [0.15, 0.2) is 72.8 Å². The number of nitrogens with zero attached hydrogens (tertiary/aromatic N) is 2. The summed E-state index contributed by atoms with van der Waals surface area (Å²) in [7, 11) is -1.81. The van der Waals surface area contributed by atoms with E-state index in [1.165, 1.54) is 10.6 Å². The second kappa shape index (κ2) is 15.2. The van der Waals surface area contributed by atoms with Crippen LogP contribution in [0.25, 0.3) is 0 Å². The molecule has 4 rings (SSSR count). The summed E-state index contributed by atoms with van der Waals surface area (Å²) in [6.45, 7) is 2.21. The number of hydrogen-bond donors (Lipinski definition) is 1. The molecule has 0 aliphatic carbocycles. The highest BCUT2D eigenvalue weighted by molar-refractivity contribution is 7.92. The van der Waals surface area contributed by atoms with Crippen LogP contribution in [0.5, 0.6) is 0 Å². The Morgan fingerprint density at radius 1 is 1.00 bits per heavy atom. The van der Waals surface area contributed by atoms with Crippen molar-refractivity contribution in [1.82, 2.24) is 10.2 Å². The summed E-state index contributed by atoms with van der Waals surface area (Å²) in [5.41, 5.74) is 3.64. The van der Waals surface area contributed by atoms with Crippen molar-refractivity contribution in [1.29, 1.82) is 0 Å². The molecule has 0 aromatic heterocycles. The molecule has 1 saturated heterocycles. The Hall–Kier alpha value is -2.33. The molecule has 0 bridgehead atoms. The molecule has 0 spiro atoms. The zero-order valence-corrected chi connectivity index (χ0v) is 26.3. The van der Waals surface area contributed by atoms with Crippen LogP contribution in [0.4, 0.5) is 5.69 Å². The van der Waals surface area contributed by atoms with E-state index < -0.39 is 16.1 Å². The van der Waals surface area contributed by atoms with Crippen LogP contribution in [0.3, 0.4) is 0 Å². The molecule has 0 radical (unpaired) electrons. The van der Waals surface area contributed by atoms with Gasteiger partial charge in [-0.1, -0.05) is 77.8 Å². The summed E-state index contributed by atoms with van der Waals surface area (Å²) in [4.78, 5) is 15.5. The minimum Gasteiger partial charge on any atom is -0.375 e. The third kappa shape index (κ3) is 9.08. The molecular weight excluding hydrogens is 605 g/mol. The number of anilines is 1. The van der Waals surface area contributed by atoms with E-state index in [9.17, 15) is 13.2 Å². The summed E-state index contributed by atoms with van der Waals surface area (Å²) >= 11 is 12.2. The van der Waals surface area contributed by atoms with Gasteiger partial charge >= 0.3 is 0 Å². The van der Waals surface area contributed by atoms with E-state index in [2.05, 4.69) is 5.32 Å². The van der Waals surface area contributed by atoms with Gasteiger partial charge < -0.3 is 9.64 Å². The number of carbonyl (C=O) groups excluding carboxylic acids is 1. The van der Waals surface area contributed by atoms with E-state index in [4.69, 9.17) is 27.9 Å². The molecule has 222 valence electrons. The lowest BCUT2D eigenvalue weighted by molar-refractivity contribution is -0.136. The Bertz CT molecular complexity index is 1400. The van der Waals surface area contributed by atoms with Crippen LogP contribution < -0.4 is 9.62 Å². The summed E-state index contributed by atoms with van der Waals surface area (Å²) in [5.74, 6) is 0.149. The van der Waals surface area contributed by atoms with Crippen LogP contribution in [0, 0.1) is 0 Å². The predicted octanol–water partition coefficient (Wildman–Crippen LogP) is 5.89. The van der Waals surface area contributed by atoms with Crippen LogP contribution >= 0.6 is 35.6 Å². The Kier molecular flexibility index (Phi) is 12.3. The summed E-state index contributed by atoms with van der Waals surface area (Å²) in [6, 6.07) is 22.4. The van der Waals surface area contributed by atoms with Crippen LogP contribution in [-0.2, 0) is 32.7 Å². The molecule has 1 aliphatic heterocycles. The van der Waals surface area contributed by atoms with Gasteiger partial charge in [0.1, 0.15) is 6.04 Å². The standard InChI is InChI=1S/C30H35Cl2N3O4S.ClH/c1-34(40(2,37)38)29-11-7-6-10-25(29)24-14-16-35(17-15-24)30(36)28(33-19-22-8-4-3-5-9-22)21-39-20-23-12-13-26(31)27(32)18-23;/h3-13,18,24,28,33H,14-17,19-21H2,1-2H3;1H. The molecule has 3 aromatic rings. The number of hydrogen-bond acceptors (Lipinski definition) is 5. The fraction of sp³-hybridized carbons (Fsp3) is 0.367. The number of nitrogens with one attached hydrogen (secondary N) is 1. The largest absolute Gasteiger partial charge is 0.375 e. The van der Waals surface area contributed by atoms with Crippen molar-refractivity contribution < 1.29 is 17.9 Å². The zero-order chi connectivity index (χ0) is 28.7. The van der Waals surface area contributed by atoms with Gasteiger partial charge in [0.2, 0.25) is 15.9 Å². The van der Waals surface area contributed by atoms with Crippen molar-refractivity contribution in [2.75, 3.05) is 37.3 Å². The van der Waals surface area contributed by atoms with Gasteiger partial charge in [-0.25, -0.2) is 8.42 Å². The van der Waals surface area contributed by atoms with Crippen molar-refractivity contribution in [3.8, 4) is 0 Å². The van der Waals surface area contributed by atoms with Crippen molar-refractivity contribution in [3.05, 3.63) is 99.5 Å². The van der Waals surface area contributed by atoms with Crippen LogP contribution in [-0.4, -0.2) is 58.3 Å². The van der Waals surface area contributed by atoms with Crippen molar-refractivity contribution in [3.63, 3.8) is 0 Å². The molecule has 41 heavy (non-hydrogen) atoms. The first kappa shape index (κ1) is 33.2. The quantitative estimate of drug-likeness (QED) is 0.283. The fourth-order valence-electron chi connectivity index (χ4n) is 4.91. The van der Waals surface area contributed by atoms with Gasteiger partial charge in [-0.3, -0.25) is 14.4 Å². The highest BCUT2D eigenvalue weighted by atomic mass is 35.5. The number of sulfonamides is 1. The molecule has 1 amide bonds. The normalized spacial score (nSPS) is 14.8. The van der Waals surface area contributed by atoms with Gasteiger partial charge in [0.15, 0.2) is 0 Å². The van der Waals surface area contributed by atoms with E-state index in [0.29, 0.717) is 42.0 Å². The zero-order valence-electron chi connectivity index (χ0n) is 23.1. The molecule has 1 N–H and O–H groups in total. The minimum absolute atomic E-state index is 0. The number of benzene rings is 3. The molecule has 1 fully saturated rings. The lowest BCUT2D eigenvalue weighted by Gasteiger charge is -2.36. The van der Waals surface area contributed by atoms with Crippen LogP contribution in [0.2, 0.25) is 10.0 Å². The molecule has 1 heterocycles. The Labute approximate surface area is 259 Å². The first-order valence-electron chi connectivity index (χ1n) is 13.2. The van der Waals surface area contributed by atoms with Gasteiger partial charge in [0.05, 0.1) is 35.2 Å².